The summed E-state index contributed by atoms with van der Waals surface area (Å²) in [6, 6.07) is 6.10. The molecular weight excluding hydrogens is 402 g/mol. The van der Waals surface area contributed by atoms with Gasteiger partial charge < -0.3 is 19.8 Å². The van der Waals surface area contributed by atoms with E-state index in [0.29, 0.717) is 30.9 Å². The summed E-state index contributed by atoms with van der Waals surface area (Å²) in [4.78, 5) is 16.8. The van der Waals surface area contributed by atoms with Crippen LogP contribution >= 0.6 is 0 Å². The Hall–Kier alpha value is -2.84. The van der Waals surface area contributed by atoms with Gasteiger partial charge in [-0.15, -0.1) is 0 Å². The number of hydrogen-bond acceptors (Lipinski definition) is 4. The number of amides is 1. The van der Waals surface area contributed by atoms with Crippen LogP contribution in [0, 0.1) is 18.6 Å². The van der Waals surface area contributed by atoms with Crippen LogP contribution in [-0.4, -0.2) is 47.1 Å². The maximum absolute atomic E-state index is 15.2. The molecule has 3 heterocycles. The molecule has 2 aliphatic rings. The lowest BCUT2D eigenvalue weighted by atomic mass is 10.0. The number of nitrogens with one attached hydrogen (secondary N) is 2. The molecule has 31 heavy (non-hydrogen) atoms. The van der Waals surface area contributed by atoms with E-state index in [1.54, 1.807) is 0 Å². The number of benzene rings is 1. The van der Waals surface area contributed by atoms with Gasteiger partial charge in [-0.2, -0.15) is 0 Å². The number of fused-ring (bicyclic) bond motifs is 1. The van der Waals surface area contributed by atoms with E-state index in [-0.39, 0.29) is 29.0 Å². The van der Waals surface area contributed by atoms with Gasteiger partial charge in [-0.1, -0.05) is 0 Å². The molecule has 2 fully saturated rings. The van der Waals surface area contributed by atoms with Crippen LogP contribution in [-0.2, 0) is 11.2 Å². The first-order valence-corrected chi connectivity index (χ1v) is 10.6. The summed E-state index contributed by atoms with van der Waals surface area (Å²) < 4.78 is 38.0. The van der Waals surface area contributed by atoms with Gasteiger partial charge >= 0.3 is 0 Å². The molecule has 6 nitrogen and oxygen atoms in total. The molecule has 0 radical (unpaired) electrons. The van der Waals surface area contributed by atoms with Crippen LogP contribution in [0.1, 0.15) is 34.5 Å². The molecule has 0 spiro atoms. The van der Waals surface area contributed by atoms with E-state index >= 15 is 8.78 Å². The van der Waals surface area contributed by atoms with E-state index in [2.05, 4.69) is 15.6 Å². The van der Waals surface area contributed by atoms with Crippen molar-refractivity contribution in [2.45, 2.75) is 38.3 Å². The highest BCUT2D eigenvalue weighted by Crippen LogP contribution is 2.32. The highest BCUT2D eigenvalue weighted by atomic mass is 19.1. The van der Waals surface area contributed by atoms with Crippen molar-refractivity contribution in [2.75, 3.05) is 19.7 Å². The number of pyridine rings is 1. The van der Waals surface area contributed by atoms with E-state index < -0.39 is 17.5 Å². The molecule has 3 aromatic rings. The molecule has 0 bridgehead atoms. The lowest BCUT2D eigenvalue weighted by Gasteiger charge is -2.24. The number of halogens is 2. The fourth-order valence-electron chi connectivity index (χ4n) is 3.99. The smallest absolute Gasteiger partial charge is 0.251 e. The Bertz CT molecular complexity index is 1130. The molecule has 0 unspecified atom stereocenters. The van der Waals surface area contributed by atoms with Crippen molar-refractivity contribution in [2.24, 2.45) is 0 Å². The third-order valence-electron chi connectivity index (χ3n) is 5.76. The topological polar surface area (TPSA) is 67.7 Å². The summed E-state index contributed by atoms with van der Waals surface area (Å²) in [7, 11) is 0. The first-order chi connectivity index (χ1) is 15.0. The van der Waals surface area contributed by atoms with Crippen LogP contribution in [0.25, 0.3) is 16.9 Å². The Balaban J connectivity index is 1.58. The molecule has 162 valence electrons. The number of aryl methyl sites for hydroxylation is 1. The van der Waals surface area contributed by atoms with Gasteiger partial charge in [0.05, 0.1) is 29.7 Å². The zero-order valence-corrected chi connectivity index (χ0v) is 17.3. The van der Waals surface area contributed by atoms with Gasteiger partial charge in [0.2, 0.25) is 0 Å². The predicted molar refractivity (Wildman–Crippen MR) is 112 cm³/mol. The quantitative estimate of drug-likeness (QED) is 0.658. The van der Waals surface area contributed by atoms with Crippen LogP contribution in [0.4, 0.5) is 8.78 Å². The van der Waals surface area contributed by atoms with Gasteiger partial charge in [0.15, 0.2) is 0 Å². The minimum Gasteiger partial charge on any atom is -0.375 e. The summed E-state index contributed by atoms with van der Waals surface area (Å²) in [5.41, 5.74) is 2.29. The van der Waals surface area contributed by atoms with E-state index in [1.807, 2.05) is 29.7 Å². The van der Waals surface area contributed by atoms with Gasteiger partial charge in [0, 0.05) is 37.3 Å². The van der Waals surface area contributed by atoms with E-state index in [9.17, 15) is 4.79 Å². The van der Waals surface area contributed by atoms with Crippen molar-refractivity contribution >= 4 is 11.6 Å². The number of nitrogens with zero attached hydrogens (tertiary/aromatic N) is 2. The summed E-state index contributed by atoms with van der Waals surface area (Å²) in [5, 5.41) is 6.04. The Labute approximate surface area is 178 Å². The van der Waals surface area contributed by atoms with Crippen LogP contribution in [0.5, 0.6) is 0 Å². The van der Waals surface area contributed by atoms with Crippen LogP contribution in [0.15, 0.2) is 30.5 Å². The fourth-order valence-corrected chi connectivity index (χ4v) is 3.99. The van der Waals surface area contributed by atoms with Gasteiger partial charge in [-0.25, -0.2) is 13.8 Å². The molecule has 1 aromatic carbocycles. The summed E-state index contributed by atoms with van der Waals surface area (Å²) in [6.45, 7) is 3.97. The first-order valence-electron chi connectivity index (χ1n) is 10.6. The SMILES string of the molecule is Cc1ccn2c(C[C@H]3CNCCO3)c(-c3c(F)cc(C(=O)NC4CC4)cc3F)nc2c1. The average molecular weight is 426 g/mol. The van der Waals surface area contributed by atoms with E-state index in [1.165, 1.54) is 0 Å². The van der Waals surface area contributed by atoms with Gasteiger partial charge in [-0.05, 0) is 49.6 Å². The first kappa shape index (κ1) is 20.1. The standard InChI is InChI=1S/C23H24F2N4O2/c1-13-4-6-29-19(11-16-12-26-5-7-31-16)22(28-20(29)8-13)21-17(24)9-14(10-18(21)25)23(30)27-15-2-3-15/h4,6,8-10,15-16,26H,2-3,5,7,11-12H2,1H3,(H,27,30)/t16-/m0/s1. The molecular formula is C23H24F2N4O2. The minimum absolute atomic E-state index is 0.0216. The minimum atomic E-state index is -0.801. The zero-order chi connectivity index (χ0) is 21.5. The number of aromatic nitrogens is 2. The Morgan fingerprint density at radius 3 is 2.74 bits per heavy atom. The van der Waals surface area contributed by atoms with Gasteiger partial charge in [0.1, 0.15) is 17.3 Å². The van der Waals surface area contributed by atoms with Crippen molar-refractivity contribution < 1.29 is 18.3 Å². The lowest BCUT2D eigenvalue weighted by Crippen LogP contribution is -2.39. The van der Waals surface area contributed by atoms with Crippen LogP contribution in [0.3, 0.4) is 0 Å². The van der Waals surface area contributed by atoms with Crippen molar-refractivity contribution in [3.8, 4) is 11.3 Å². The predicted octanol–water partition coefficient (Wildman–Crippen LogP) is 3.01. The Morgan fingerprint density at radius 1 is 1.29 bits per heavy atom. The number of morpholine rings is 1. The Kier molecular flexibility index (Phi) is 5.19. The summed E-state index contributed by atoms with van der Waals surface area (Å²) in [5.74, 6) is -2.06. The van der Waals surface area contributed by atoms with E-state index in [0.717, 1.165) is 37.1 Å². The Morgan fingerprint density at radius 2 is 2.06 bits per heavy atom. The highest BCUT2D eigenvalue weighted by Gasteiger charge is 2.27. The molecule has 1 aliphatic heterocycles. The summed E-state index contributed by atoms with van der Waals surface area (Å²) in [6.07, 6.45) is 3.99. The van der Waals surface area contributed by atoms with Crippen molar-refractivity contribution in [3.63, 3.8) is 0 Å². The number of rotatable bonds is 5. The molecule has 1 saturated heterocycles. The van der Waals surface area contributed by atoms with Gasteiger partial charge in [0.25, 0.3) is 5.91 Å². The average Bonchev–Trinajstić information content (AvgIpc) is 3.50. The van der Waals surface area contributed by atoms with Crippen LogP contribution in [0.2, 0.25) is 0 Å². The number of imidazole rings is 1. The monoisotopic (exact) mass is 426 g/mol. The molecule has 1 aliphatic carbocycles. The number of carbonyl (C=O) groups is 1. The van der Waals surface area contributed by atoms with Crippen molar-refractivity contribution in [1.29, 1.82) is 0 Å². The largest absolute Gasteiger partial charge is 0.375 e. The highest BCUT2D eigenvalue weighted by molar-refractivity contribution is 5.95. The van der Waals surface area contributed by atoms with Crippen LogP contribution < -0.4 is 10.6 Å². The third-order valence-corrected chi connectivity index (χ3v) is 5.76. The normalized spacial score (nSPS) is 19.0. The maximum atomic E-state index is 15.2. The molecule has 1 amide bonds. The molecule has 2 N–H and O–H groups in total. The molecule has 8 heteroatoms. The second-order valence-corrected chi connectivity index (χ2v) is 8.30. The lowest BCUT2D eigenvalue weighted by molar-refractivity contribution is 0.0286. The van der Waals surface area contributed by atoms with Gasteiger partial charge in [-0.3, -0.25) is 4.79 Å². The maximum Gasteiger partial charge on any atom is 0.251 e. The summed E-state index contributed by atoms with van der Waals surface area (Å²) >= 11 is 0. The molecule has 1 saturated carbocycles. The second kappa shape index (κ2) is 8.01. The number of hydrogen-bond donors (Lipinski definition) is 2. The fraction of sp³-hybridized carbons (Fsp3) is 0.391. The molecule has 5 rings (SSSR count). The third kappa shape index (κ3) is 4.05. The molecule has 1 atom stereocenters. The molecule has 2 aromatic heterocycles. The number of carbonyl (C=O) groups excluding carboxylic acids is 1. The number of ether oxygens (including phenoxy) is 1. The zero-order valence-electron chi connectivity index (χ0n) is 17.3. The van der Waals surface area contributed by atoms with E-state index in [4.69, 9.17) is 4.74 Å². The second-order valence-electron chi connectivity index (χ2n) is 8.30. The van der Waals surface area contributed by atoms with Crippen molar-refractivity contribution in [3.05, 3.63) is 58.9 Å². The van der Waals surface area contributed by atoms with Crippen molar-refractivity contribution in [1.82, 2.24) is 20.0 Å².